The van der Waals surface area contributed by atoms with Gasteiger partial charge >= 0.3 is 0 Å². The first-order valence-electron chi connectivity index (χ1n) is 4.69. The first-order chi connectivity index (χ1) is 7.29. The molecular weight excluding hydrogens is 191 g/mol. The van der Waals surface area contributed by atoms with Gasteiger partial charge in [-0.2, -0.15) is 0 Å². The van der Waals surface area contributed by atoms with E-state index >= 15 is 0 Å². The van der Waals surface area contributed by atoms with Crippen molar-refractivity contribution in [3.8, 4) is 11.1 Å². The van der Waals surface area contributed by atoms with Crippen molar-refractivity contribution < 1.29 is 4.39 Å². The predicted octanol–water partition coefficient (Wildman–Crippen LogP) is 2.35. The SMILES string of the molecule is NCc1cncc(-c2ccc(F)cc2)c1. The van der Waals surface area contributed by atoms with Crippen LogP contribution in [0.15, 0.2) is 42.7 Å². The Morgan fingerprint density at radius 2 is 1.80 bits per heavy atom. The van der Waals surface area contributed by atoms with Crippen LogP contribution in [0.3, 0.4) is 0 Å². The molecule has 0 amide bonds. The van der Waals surface area contributed by atoms with Crippen LogP contribution in [0, 0.1) is 5.82 Å². The Hall–Kier alpha value is -1.74. The predicted molar refractivity (Wildman–Crippen MR) is 57.5 cm³/mol. The molecule has 3 heteroatoms. The molecule has 0 saturated heterocycles. The fraction of sp³-hybridized carbons (Fsp3) is 0.0833. The van der Waals surface area contributed by atoms with Crippen LogP contribution >= 0.6 is 0 Å². The van der Waals surface area contributed by atoms with E-state index in [0.717, 1.165) is 16.7 Å². The molecule has 0 spiro atoms. The highest BCUT2D eigenvalue weighted by atomic mass is 19.1. The first-order valence-corrected chi connectivity index (χ1v) is 4.69. The molecule has 0 unspecified atom stereocenters. The summed E-state index contributed by atoms with van der Waals surface area (Å²) in [5, 5.41) is 0. The van der Waals surface area contributed by atoms with Gasteiger partial charge < -0.3 is 5.73 Å². The quantitative estimate of drug-likeness (QED) is 0.811. The van der Waals surface area contributed by atoms with E-state index in [0.29, 0.717) is 6.54 Å². The zero-order valence-electron chi connectivity index (χ0n) is 8.15. The van der Waals surface area contributed by atoms with E-state index in [1.807, 2.05) is 6.07 Å². The van der Waals surface area contributed by atoms with Crippen molar-refractivity contribution in [2.24, 2.45) is 5.73 Å². The highest BCUT2D eigenvalue weighted by Gasteiger charge is 1.99. The lowest BCUT2D eigenvalue weighted by Crippen LogP contribution is -1.96. The Bertz CT molecular complexity index is 451. The number of hydrogen-bond donors (Lipinski definition) is 1. The Balaban J connectivity index is 2.40. The number of pyridine rings is 1. The molecule has 2 N–H and O–H groups in total. The van der Waals surface area contributed by atoms with E-state index in [1.54, 1.807) is 24.5 Å². The van der Waals surface area contributed by atoms with E-state index in [4.69, 9.17) is 5.73 Å². The molecule has 0 atom stereocenters. The molecule has 0 saturated carbocycles. The maximum absolute atomic E-state index is 12.7. The number of aromatic nitrogens is 1. The summed E-state index contributed by atoms with van der Waals surface area (Å²) in [5.74, 6) is -0.235. The third kappa shape index (κ3) is 2.19. The van der Waals surface area contributed by atoms with Crippen molar-refractivity contribution in [3.05, 3.63) is 54.1 Å². The summed E-state index contributed by atoms with van der Waals surface area (Å²) in [4.78, 5) is 4.08. The van der Waals surface area contributed by atoms with E-state index in [9.17, 15) is 4.39 Å². The Morgan fingerprint density at radius 1 is 1.07 bits per heavy atom. The lowest BCUT2D eigenvalue weighted by Gasteiger charge is -2.02. The standard InChI is InChI=1S/C12H11FN2/c13-12-3-1-10(2-4-12)11-5-9(6-14)7-15-8-11/h1-5,7-8H,6,14H2. The van der Waals surface area contributed by atoms with Gasteiger partial charge in [-0.3, -0.25) is 4.98 Å². The molecule has 0 fully saturated rings. The largest absolute Gasteiger partial charge is 0.326 e. The minimum atomic E-state index is -0.235. The van der Waals surface area contributed by atoms with E-state index in [-0.39, 0.29) is 5.82 Å². The fourth-order valence-electron chi connectivity index (χ4n) is 1.40. The second-order valence-corrected chi connectivity index (χ2v) is 3.29. The van der Waals surface area contributed by atoms with Crippen molar-refractivity contribution in [3.63, 3.8) is 0 Å². The van der Waals surface area contributed by atoms with Crippen molar-refractivity contribution in [1.29, 1.82) is 0 Å². The lowest BCUT2D eigenvalue weighted by atomic mass is 10.1. The minimum Gasteiger partial charge on any atom is -0.326 e. The van der Waals surface area contributed by atoms with Gasteiger partial charge in [-0.1, -0.05) is 12.1 Å². The highest BCUT2D eigenvalue weighted by Crippen LogP contribution is 2.19. The van der Waals surface area contributed by atoms with E-state index in [1.165, 1.54) is 12.1 Å². The van der Waals surface area contributed by atoms with Crippen molar-refractivity contribution in [2.45, 2.75) is 6.54 Å². The van der Waals surface area contributed by atoms with Gasteiger partial charge in [0.05, 0.1) is 0 Å². The van der Waals surface area contributed by atoms with E-state index in [2.05, 4.69) is 4.98 Å². The minimum absolute atomic E-state index is 0.235. The summed E-state index contributed by atoms with van der Waals surface area (Å²) in [5.41, 5.74) is 8.39. The molecule has 0 radical (unpaired) electrons. The maximum atomic E-state index is 12.7. The highest BCUT2D eigenvalue weighted by molar-refractivity contribution is 5.62. The second-order valence-electron chi connectivity index (χ2n) is 3.29. The number of benzene rings is 1. The average Bonchev–Trinajstić information content (AvgIpc) is 2.30. The Kier molecular flexibility index (Phi) is 2.74. The zero-order valence-corrected chi connectivity index (χ0v) is 8.15. The zero-order chi connectivity index (χ0) is 10.7. The smallest absolute Gasteiger partial charge is 0.123 e. The van der Waals surface area contributed by atoms with Gasteiger partial charge in [-0.15, -0.1) is 0 Å². The van der Waals surface area contributed by atoms with Crippen molar-refractivity contribution in [1.82, 2.24) is 4.98 Å². The molecule has 0 aliphatic rings. The topological polar surface area (TPSA) is 38.9 Å². The molecular formula is C12H11FN2. The summed E-state index contributed by atoms with van der Waals surface area (Å²) in [7, 11) is 0. The summed E-state index contributed by atoms with van der Waals surface area (Å²) in [6.07, 6.45) is 3.47. The lowest BCUT2D eigenvalue weighted by molar-refractivity contribution is 0.628. The summed E-state index contributed by atoms with van der Waals surface area (Å²) in [6.45, 7) is 0.460. The van der Waals surface area contributed by atoms with Gasteiger partial charge in [-0.25, -0.2) is 4.39 Å². The van der Waals surface area contributed by atoms with Crippen LogP contribution in [-0.2, 0) is 6.54 Å². The van der Waals surface area contributed by atoms with Crippen molar-refractivity contribution >= 4 is 0 Å². The second kappa shape index (κ2) is 4.19. The van der Waals surface area contributed by atoms with Gasteiger partial charge in [0.2, 0.25) is 0 Å². The van der Waals surface area contributed by atoms with Gasteiger partial charge in [0.1, 0.15) is 5.82 Å². The molecule has 0 aliphatic carbocycles. The average molecular weight is 202 g/mol. The van der Waals surface area contributed by atoms with Crippen LogP contribution in [0.25, 0.3) is 11.1 Å². The fourth-order valence-corrected chi connectivity index (χ4v) is 1.40. The van der Waals surface area contributed by atoms with Crippen molar-refractivity contribution in [2.75, 3.05) is 0 Å². The number of hydrogen-bond acceptors (Lipinski definition) is 2. The Morgan fingerprint density at radius 3 is 2.47 bits per heavy atom. The molecule has 1 aromatic carbocycles. The molecule has 76 valence electrons. The van der Waals surface area contributed by atoms with Crippen LogP contribution < -0.4 is 5.73 Å². The van der Waals surface area contributed by atoms with Gasteiger partial charge in [-0.05, 0) is 29.3 Å². The summed E-state index contributed by atoms with van der Waals surface area (Å²) >= 11 is 0. The van der Waals surface area contributed by atoms with Gasteiger partial charge in [0, 0.05) is 24.5 Å². The van der Waals surface area contributed by atoms with Crippen LogP contribution in [0.2, 0.25) is 0 Å². The molecule has 0 aliphatic heterocycles. The number of nitrogens with two attached hydrogens (primary N) is 1. The van der Waals surface area contributed by atoms with Crippen LogP contribution in [0.4, 0.5) is 4.39 Å². The molecule has 1 aromatic heterocycles. The molecule has 0 bridgehead atoms. The summed E-state index contributed by atoms with van der Waals surface area (Å²) < 4.78 is 12.7. The van der Waals surface area contributed by atoms with Crippen LogP contribution in [0.1, 0.15) is 5.56 Å². The third-order valence-corrected chi connectivity index (χ3v) is 2.21. The van der Waals surface area contributed by atoms with Gasteiger partial charge in [0.25, 0.3) is 0 Å². The third-order valence-electron chi connectivity index (χ3n) is 2.21. The molecule has 1 heterocycles. The number of halogens is 1. The monoisotopic (exact) mass is 202 g/mol. The van der Waals surface area contributed by atoms with E-state index < -0.39 is 0 Å². The molecule has 2 rings (SSSR count). The molecule has 2 nitrogen and oxygen atoms in total. The first kappa shape index (κ1) is 9.80. The van der Waals surface area contributed by atoms with Crippen LogP contribution in [-0.4, -0.2) is 4.98 Å². The molecule has 15 heavy (non-hydrogen) atoms. The van der Waals surface area contributed by atoms with Gasteiger partial charge in [0.15, 0.2) is 0 Å². The van der Waals surface area contributed by atoms with Crippen LogP contribution in [0.5, 0.6) is 0 Å². The number of nitrogens with zero attached hydrogens (tertiary/aromatic N) is 1. The molecule has 2 aromatic rings. The number of rotatable bonds is 2. The maximum Gasteiger partial charge on any atom is 0.123 e. The Labute approximate surface area is 87.6 Å². The summed E-state index contributed by atoms with van der Waals surface area (Å²) in [6, 6.07) is 8.29. The normalized spacial score (nSPS) is 10.3.